The molecule has 1 rings (SSSR count). The highest BCUT2D eigenvalue weighted by Gasteiger charge is 2.13. The fraction of sp³-hybridized carbons (Fsp3) is 0.500. The summed E-state index contributed by atoms with van der Waals surface area (Å²) in [6.45, 7) is 4.54. The Kier molecular flexibility index (Phi) is 4.58. The highest BCUT2D eigenvalue weighted by molar-refractivity contribution is 5.47. The first-order chi connectivity index (χ1) is 7.63. The third-order valence-electron chi connectivity index (χ3n) is 2.49. The van der Waals surface area contributed by atoms with Gasteiger partial charge in [-0.2, -0.15) is 0 Å². The minimum Gasteiger partial charge on any atom is -0.496 e. The van der Waals surface area contributed by atoms with Gasteiger partial charge in [0.25, 0.3) is 0 Å². The van der Waals surface area contributed by atoms with Crippen molar-refractivity contribution >= 4 is 0 Å². The molecule has 4 heteroatoms. The Labute approximate surface area is 96.3 Å². The summed E-state index contributed by atoms with van der Waals surface area (Å²) in [6, 6.07) is 3.87. The second kappa shape index (κ2) is 5.72. The summed E-state index contributed by atoms with van der Waals surface area (Å²) in [4.78, 5) is 4.66. The Morgan fingerprint density at radius 1 is 1.12 bits per heavy atom. The van der Waals surface area contributed by atoms with E-state index in [9.17, 15) is 0 Å². The average Bonchev–Trinajstić information content (AvgIpc) is 2.28. The molecule has 16 heavy (non-hydrogen) atoms. The molecule has 0 aliphatic carbocycles. The zero-order chi connectivity index (χ0) is 12.1. The molecule has 0 aliphatic heterocycles. The van der Waals surface area contributed by atoms with Crippen molar-refractivity contribution < 1.29 is 14.3 Å². The molecule has 0 spiro atoms. The number of benzene rings is 1. The van der Waals surface area contributed by atoms with Gasteiger partial charge in [0.2, 0.25) is 0 Å². The van der Waals surface area contributed by atoms with Gasteiger partial charge in [0, 0.05) is 11.6 Å². The van der Waals surface area contributed by atoms with E-state index in [1.165, 1.54) is 0 Å². The molecular weight excluding hydrogens is 206 g/mol. The Balaban J connectivity index is 3.23. The van der Waals surface area contributed by atoms with Crippen LogP contribution in [0.2, 0.25) is 0 Å². The van der Waals surface area contributed by atoms with E-state index in [0.29, 0.717) is 12.5 Å². The molecule has 1 aromatic rings. The van der Waals surface area contributed by atoms with Gasteiger partial charge in [-0.1, -0.05) is 13.8 Å². The predicted octanol–water partition coefficient (Wildman–Crippen LogP) is 2.22. The van der Waals surface area contributed by atoms with E-state index in [0.717, 1.165) is 22.6 Å². The van der Waals surface area contributed by atoms with Crippen molar-refractivity contribution in [1.82, 2.24) is 0 Å². The maximum atomic E-state index is 5.33. The second-order valence-corrected chi connectivity index (χ2v) is 3.87. The maximum Gasteiger partial charge on any atom is 0.128 e. The lowest BCUT2D eigenvalue weighted by atomic mass is 9.99. The Morgan fingerprint density at radius 3 is 2.19 bits per heavy atom. The summed E-state index contributed by atoms with van der Waals surface area (Å²) in [6.07, 6.45) is 0. The van der Waals surface area contributed by atoms with E-state index in [4.69, 9.17) is 15.4 Å². The van der Waals surface area contributed by atoms with Crippen LogP contribution in [0.25, 0.3) is 0 Å². The van der Waals surface area contributed by atoms with Gasteiger partial charge in [-0.25, -0.2) is 5.90 Å². The SMILES string of the molecule is COc1cc(OC)c(C(C)C)cc1CON. The molecular formula is C12H19NO3. The highest BCUT2D eigenvalue weighted by atomic mass is 16.6. The van der Waals surface area contributed by atoms with Gasteiger partial charge in [0.1, 0.15) is 11.5 Å². The highest BCUT2D eigenvalue weighted by Crippen LogP contribution is 2.33. The van der Waals surface area contributed by atoms with Gasteiger partial charge >= 0.3 is 0 Å². The van der Waals surface area contributed by atoms with Gasteiger partial charge < -0.3 is 9.47 Å². The van der Waals surface area contributed by atoms with E-state index in [1.54, 1.807) is 14.2 Å². The second-order valence-electron chi connectivity index (χ2n) is 3.87. The summed E-state index contributed by atoms with van der Waals surface area (Å²) in [5, 5.41) is 0. The number of hydrogen-bond donors (Lipinski definition) is 1. The molecule has 0 fully saturated rings. The van der Waals surface area contributed by atoms with Crippen LogP contribution in [-0.4, -0.2) is 14.2 Å². The first-order valence-corrected chi connectivity index (χ1v) is 5.20. The van der Waals surface area contributed by atoms with E-state index in [-0.39, 0.29) is 0 Å². The van der Waals surface area contributed by atoms with Crippen LogP contribution in [0.1, 0.15) is 30.9 Å². The molecule has 0 aromatic heterocycles. The quantitative estimate of drug-likeness (QED) is 0.781. The zero-order valence-electron chi connectivity index (χ0n) is 10.2. The minimum atomic E-state index is 0.326. The van der Waals surface area contributed by atoms with Crippen molar-refractivity contribution in [2.75, 3.05) is 14.2 Å². The van der Waals surface area contributed by atoms with Crippen LogP contribution in [0.3, 0.4) is 0 Å². The molecule has 0 saturated carbocycles. The molecule has 0 unspecified atom stereocenters. The lowest BCUT2D eigenvalue weighted by Gasteiger charge is -2.16. The smallest absolute Gasteiger partial charge is 0.128 e. The van der Waals surface area contributed by atoms with Crippen molar-refractivity contribution in [3.05, 3.63) is 23.3 Å². The molecule has 0 bridgehead atoms. The van der Waals surface area contributed by atoms with Crippen molar-refractivity contribution in [2.24, 2.45) is 5.90 Å². The molecule has 90 valence electrons. The molecule has 0 heterocycles. The lowest BCUT2D eigenvalue weighted by molar-refractivity contribution is 0.122. The number of rotatable bonds is 5. The minimum absolute atomic E-state index is 0.326. The molecule has 0 saturated heterocycles. The fourth-order valence-corrected chi connectivity index (χ4v) is 1.65. The van der Waals surface area contributed by atoms with Crippen LogP contribution in [0.5, 0.6) is 11.5 Å². The van der Waals surface area contributed by atoms with Crippen molar-refractivity contribution in [2.45, 2.75) is 26.4 Å². The predicted molar refractivity (Wildman–Crippen MR) is 62.6 cm³/mol. The lowest BCUT2D eigenvalue weighted by Crippen LogP contribution is -2.04. The van der Waals surface area contributed by atoms with Gasteiger partial charge in [-0.3, -0.25) is 4.84 Å². The average molecular weight is 225 g/mol. The first kappa shape index (κ1) is 12.8. The van der Waals surface area contributed by atoms with Gasteiger partial charge in [-0.05, 0) is 17.5 Å². The monoisotopic (exact) mass is 225 g/mol. The summed E-state index contributed by atoms with van der Waals surface area (Å²) in [7, 11) is 3.27. The molecule has 2 N–H and O–H groups in total. The number of ether oxygens (including phenoxy) is 2. The molecule has 0 amide bonds. The maximum absolute atomic E-state index is 5.33. The van der Waals surface area contributed by atoms with Crippen LogP contribution < -0.4 is 15.4 Å². The summed E-state index contributed by atoms with van der Waals surface area (Å²) in [5.74, 6) is 7.02. The largest absolute Gasteiger partial charge is 0.496 e. The van der Waals surface area contributed by atoms with Crippen LogP contribution in [0.4, 0.5) is 0 Å². The third-order valence-corrected chi connectivity index (χ3v) is 2.49. The normalized spacial score (nSPS) is 10.6. The van der Waals surface area contributed by atoms with Gasteiger partial charge in [0.05, 0.1) is 20.8 Å². The molecule has 4 nitrogen and oxygen atoms in total. The molecule has 0 atom stereocenters. The Bertz CT molecular complexity index is 350. The van der Waals surface area contributed by atoms with Crippen LogP contribution in [0.15, 0.2) is 12.1 Å². The molecule has 0 aliphatic rings. The standard InChI is InChI=1S/C12H19NO3/c1-8(2)10-5-9(7-16-13)11(14-3)6-12(10)15-4/h5-6,8H,7,13H2,1-4H3. The summed E-state index contributed by atoms with van der Waals surface area (Å²) < 4.78 is 10.6. The van der Waals surface area contributed by atoms with Crippen LogP contribution in [-0.2, 0) is 11.4 Å². The summed E-state index contributed by atoms with van der Waals surface area (Å²) in [5.41, 5.74) is 2.05. The number of hydrogen-bond acceptors (Lipinski definition) is 4. The topological polar surface area (TPSA) is 53.7 Å². The van der Waals surface area contributed by atoms with Gasteiger partial charge in [0.15, 0.2) is 0 Å². The van der Waals surface area contributed by atoms with Crippen LogP contribution in [0, 0.1) is 0 Å². The van der Waals surface area contributed by atoms with E-state index >= 15 is 0 Å². The molecule has 1 aromatic carbocycles. The van der Waals surface area contributed by atoms with Crippen LogP contribution >= 0.6 is 0 Å². The van der Waals surface area contributed by atoms with Crippen molar-refractivity contribution in [1.29, 1.82) is 0 Å². The Morgan fingerprint density at radius 2 is 1.75 bits per heavy atom. The van der Waals surface area contributed by atoms with Crippen molar-refractivity contribution in [3.63, 3.8) is 0 Å². The summed E-state index contributed by atoms with van der Waals surface area (Å²) >= 11 is 0. The number of nitrogens with two attached hydrogens (primary N) is 1. The molecule has 0 radical (unpaired) electrons. The van der Waals surface area contributed by atoms with Crippen molar-refractivity contribution in [3.8, 4) is 11.5 Å². The zero-order valence-corrected chi connectivity index (χ0v) is 10.2. The fourth-order valence-electron chi connectivity index (χ4n) is 1.65. The Hall–Kier alpha value is -1.26. The number of methoxy groups -OCH3 is 2. The van der Waals surface area contributed by atoms with Gasteiger partial charge in [-0.15, -0.1) is 0 Å². The van der Waals surface area contributed by atoms with E-state index in [1.807, 2.05) is 12.1 Å². The van der Waals surface area contributed by atoms with E-state index in [2.05, 4.69) is 18.7 Å². The van der Waals surface area contributed by atoms with E-state index < -0.39 is 0 Å². The first-order valence-electron chi connectivity index (χ1n) is 5.20. The third kappa shape index (κ3) is 2.65.